The molecular formula is C25H23F3N6O3. The van der Waals surface area contributed by atoms with Gasteiger partial charge in [0.05, 0.1) is 17.5 Å². The van der Waals surface area contributed by atoms with Gasteiger partial charge in [0.15, 0.2) is 5.69 Å². The Kier molecular flexibility index (Phi) is 7.45. The molecule has 3 heterocycles. The fraction of sp³-hybridized carbons (Fsp3) is 0.280. The summed E-state index contributed by atoms with van der Waals surface area (Å²) in [6, 6.07) is 4.91. The molecule has 2 N–H and O–H groups in total. The molecule has 0 unspecified atom stereocenters. The number of amides is 1. The summed E-state index contributed by atoms with van der Waals surface area (Å²) in [7, 11) is 0. The summed E-state index contributed by atoms with van der Waals surface area (Å²) < 4.78 is 49.4. The second-order valence-corrected chi connectivity index (χ2v) is 7.97. The van der Waals surface area contributed by atoms with Gasteiger partial charge in [-0.2, -0.15) is 18.3 Å². The molecule has 0 fully saturated rings. The zero-order chi connectivity index (χ0) is 26.6. The van der Waals surface area contributed by atoms with E-state index in [1.807, 2.05) is 6.92 Å². The largest absolute Gasteiger partial charge is 0.436 e. The SMILES string of the molecule is C#CCn1cc(-c2cnc3c(Oc4ccc(C(=O)NCCCO)c(CC)c4)nccn23)c(C(F)(F)F)n1. The van der Waals surface area contributed by atoms with Gasteiger partial charge in [0.2, 0.25) is 5.65 Å². The van der Waals surface area contributed by atoms with Crippen LogP contribution in [0.15, 0.2) is 43.0 Å². The maximum absolute atomic E-state index is 13.7. The molecule has 1 aromatic carbocycles. The fourth-order valence-corrected chi connectivity index (χ4v) is 3.79. The van der Waals surface area contributed by atoms with E-state index in [0.29, 0.717) is 30.7 Å². The molecule has 192 valence electrons. The van der Waals surface area contributed by atoms with Gasteiger partial charge in [0.1, 0.15) is 12.3 Å². The van der Waals surface area contributed by atoms with Crippen molar-refractivity contribution in [2.45, 2.75) is 32.5 Å². The number of nitrogens with one attached hydrogen (secondary N) is 1. The van der Waals surface area contributed by atoms with Gasteiger partial charge in [0, 0.05) is 37.3 Å². The Hall–Kier alpha value is -4.37. The highest BCUT2D eigenvalue weighted by Crippen LogP contribution is 2.37. The summed E-state index contributed by atoms with van der Waals surface area (Å²) in [6.45, 7) is 2.10. The molecular weight excluding hydrogens is 489 g/mol. The molecule has 0 radical (unpaired) electrons. The standard InChI is InChI=1S/C25H23F3N6O3/c1-3-10-33-15-19(21(32-33)25(26,27)28)20-14-31-22-24(30-9-11-34(20)22)37-17-6-7-18(16(4-2)13-17)23(36)29-8-5-12-35/h1,6-7,9,11,13-15,35H,4-5,8,10,12H2,2H3,(H,29,36). The van der Waals surface area contributed by atoms with Crippen molar-refractivity contribution in [3.63, 3.8) is 0 Å². The lowest BCUT2D eigenvalue weighted by atomic mass is 10.0. The van der Waals surface area contributed by atoms with Crippen molar-refractivity contribution in [3.8, 4) is 35.2 Å². The molecule has 37 heavy (non-hydrogen) atoms. The summed E-state index contributed by atoms with van der Waals surface area (Å²) in [5.74, 6) is 2.46. The van der Waals surface area contributed by atoms with E-state index in [2.05, 4.69) is 26.3 Å². The first-order valence-electron chi connectivity index (χ1n) is 11.4. The van der Waals surface area contributed by atoms with Crippen LogP contribution in [0, 0.1) is 12.3 Å². The molecule has 0 saturated carbocycles. The second-order valence-electron chi connectivity index (χ2n) is 7.97. The zero-order valence-electron chi connectivity index (χ0n) is 19.8. The summed E-state index contributed by atoms with van der Waals surface area (Å²) in [4.78, 5) is 20.9. The van der Waals surface area contributed by atoms with Crippen LogP contribution in [0.5, 0.6) is 11.6 Å². The number of nitrogens with zero attached hydrogens (tertiary/aromatic N) is 5. The van der Waals surface area contributed by atoms with Gasteiger partial charge in [-0.05, 0) is 36.6 Å². The average Bonchev–Trinajstić information content (AvgIpc) is 3.49. The van der Waals surface area contributed by atoms with Crippen molar-refractivity contribution in [1.29, 1.82) is 0 Å². The van der Waals surface area contributed by atoms with Crippen LogP contribution in [0.3, 0.4) is 0 Å². The van der Waals surface area contributed by atoms with E-state index in [4.69, 9.17) is 16.3 Å². The minimum absolute atomic E-state index is 0.0213. The van der Waals surface area contributed by atoms with Gasteiger partial charge < -0.3 is 15.2 Å². The average molecular weight is 512 g/mol. The molecule has 4 aromatic rings. The molecule has 0 aliphatic heterocycles. The van der Waals surface area contributed by atoms with Crippen LogP contribution in [-0.2, 0) is 19.1 Å². The van der Waals surface area contributed by atoms with Crippen LogP contribution >= 0.6 is 0 Å². The number of rotatable bonds is 9. The Morgan fingerprint density at radius 1 is 1.30 bits per heavy atom. The van der Waals surface area contributed by atoms with Gasteiger partial charge in [0.25, 0.3) is 11.8 Å². The van der Waals surface area contributed by atoms with Gasteiger partial charge in [-0.15, -0.1) is 6.42 Å². The number of aliphatic hydroxyl groups excluding tert-OH is 1. The van der Waals surface area contributed by atoms with Gasteiger partial charge in [-0.3, -0.25) is 13.9 Å². The van der Waals surface area contributed by atoms with E-state index >= 15 is 0 Å². The van der Waals surface area contributed by atoms with Crippen LogP contribution in [0.1, 0.15) is 35.0 Å². The molecule has 0 bridgehead atoms. The summed E-state index contributed by atoms with van der Waals surface area (Å²) in [6.07, 6.45) is 6.91. The third kappa shape index (κ3) is 5.41. The number of carbonyl (C=O) groups excluding carboxylic acids is 1. The Bertz CT molecular complexity index is 1470. The maximum Gasteiger partial charge on any atom is 0.435 e. The zero-order valence-corrected chi connectivity index (χ0v) is 19.8. The van der Waals surface area contributed by atoms with E-state index < -0.39 is 11.9 Å². The Labute approximate surface area is 209 Å². The lowest BCUT2D eigenvalue weighted by molar-refractivity contribution is -0.141. The van der Waals surface area contributed by atoms with Crippen molar-refractivity contribution in [2.24, 2.45) is 0 Å². The number of benzene rings is 1. The van der Waals surface area contributed by atoms with Gasteiger partial charge >= 0.3 is 6.18 Å². The number of aryl methyl sites for hydroxylation is 1. The molecule has 9 nitrogen and oxygen atoms in total. The first-order chi connectivity index (χ1) is 17.8. The number of imidazole rings is 1. The normalized spacial score (nSPS) is 11.5. The number of aliphatic hydroxyl groups is 1. The number of halogens is 3. The molecule has 0 atom stereocenters. The summed E-state index contributed by atoms with van der Waals surface area (Å²) in [5, 5.41) is 15.3. The third-order valence-corrected chi connectivity index (χ3v) is 5.49. The quantitative estimate of drug-likeness (QED) is 0.262. The number of hydrogen-bond acceptors (Lipinski definition) is 6. The number of fused-ring (bicyclic) bond motifs is 1. The summed E-state index contributed by atoms with van der Waals surface area (Å²) in [5.41, 5.74) is 0.277. The predicted octanol–water partition coefficient (Wildman–Crippen LogP) is 3.71. The number of hydrogen-bond donors (Lipinski definition) is 2. The fourth-order valence-electron chi connectivity index (χ4n) is 3.79. The number of aromatic nitrogens is 5. The van der Waals surface area contributed by atoms with Crippen LogP contribution in [0.25, 0.3) is 16.9 Å². The number of terminal acetylenes is 1. The van der Waals surface area contributed by atoms with E-state index in [-0.39, 0.29) is 41.8 Å². The Morgan fingerprint density at radius 2 is 2.11 bits per heavy atom. The number of ether oxygens (including phenoxy) is 1. The monoisotopic (exact) mass is 512 g/mol. The predicted molar refractivity (Wildman–Crippen MR) is 128 cm³/mol. The van der Waals surface area contributed by atoms with E-state index in [1.165, 1.54) is 29.2 Å². The summed E-state index contributed by atoms with van der Waals surface area (Å²) >= 11 is 0. The van der Waals surface area contributed by atoms with E-state index in [1.54, 1.807) is 18.2 Å². The Morgan fingerprint density at radius 3 is 2.81 bits per heavy atom. The smallest absolute Gasteiger partial charge is 0.435 e. The minimum atomic E-state index is -4.70. The lowest BCUT2D eigenvalue weighted by Gasteiger charge is -2.12. The molecule has 3 aromatic heterocycles. The molecule has 0 saturated heterocycles. The van der Waals surface area contributed by atoms with Crippen molar-refractivity contribution in [2.75, 3.05) is 13.2 Å². The van der Waals surface area contributed by atoms with Crippen molar-refractivity contribution < 1.29 is 27.8 Å². The topological polar surface area (TPSA) is 107 Å². The van der Waals surface area contributed by atoms with E-state index in [0.717, 1.165) is 10.2 Å². The first-order valence-corrected chi connectivity index (χ1v) is 11.4. The molecule has 1 amide bonds. The van der Waals surface area contributed by atoms with E-state index in [9.17, 15) is 18.0 Å². The van der Waals surface area contributed by atoms with Crippen molar-refractivity contribution in [3.05, 3.63) is 59.8 Å². The van der Waals surface area contributed by atoms with Gasteiger partial charge in [-0.1, -0.05) is 12.8 Å². The van der Waals surface area contributed by atoms with Crippen LogP contribution < -0.4 is 10.1 Å². The highest BCUT2D eigenvalue weighted by atomic mass is 19.4. The molecule has 0 spiro atoms. The molecule has 0 aliphatic rings. The third-order valence-electron chi connectivity index (χ3n) is 5.49. The molecule has 12 heteroatoms. The molecule has 0 aliphatic carbocycles. The lowest BCUT2D eigenvalue weighted by Crippen LogP contribution is -2.26. The van der Waals surface area contributed by atoms with Gasteiger partial charge in [-0.25, -0.2) is 9.97 Å². The number of alkyl halides is 3. The van der Waals surface area contributed by atoms with Crippen molar-refractivity contribution >= 4 is 11.6 Å². The number of carbonyl (C=O) groups is 1. The Balaban J connectivity index is 1.67. The molecule has 4 rings (SSSR count). The second kappa shape index (κ2) is 10.7. The maximum atomic E-state index is 13.7. The van der Waals surface area contributed by atoms with Crippen molar-refractivity contribution in [1.82, 2.24) is 29.5 Å². The highest BCUT2D eigenvalue weighted by molar-refractivity contribution is 5.95. The van der Waals surface area contributed by atoms with Crippen LogP contribution in [0.4, 0.5) is 13.2 Å². The minimum Gasteiger partial charge on any atom is -0.436 e. The first kappa shape index (κ1) is 25.7. The highest BCUT2D eigenvalue weighted by Gasteiger charge is 2.38. The van der Waals surface area contributed by atoms with Crippen LogP contribution in [-0.4, -0.2) is 48.3 Å². The van der Waals surface area contributed by atoms with Crippen LogP contribution in [0.2, 0.25) is 0 Å².